The maximum atomic E-state index is 11.7. The van der Waals surface area contributed by atoms with E-state index in [1.165, 1.54) is 12.1 Å². The van der Waals surface area contributed by atoms with Gasteiger partial charge in [0.15, 0.2) is 0 Å². The van der Waals surface area contributed by atoms with Crippen LogP contribution in [-0.4, -0.2) is 12.1 Å². The van der Waals surface area contributed by atoms with Crippen LogP contribution in [-0.2, 0) is 4.74 Å². The molecule has 0 aliphatic carbocycles. The second-order valence-corrected chi connectivity index (χ2v) is 5.01. The van der Waals surface area contributed by atoms with Crippen LogP contribution < -0.4 is 4.74 Å². The highest BCUT2D eigenvalue weighted by Gasteiger charge is 2.09. The zero-order chi connectivity index (χ0) is 16.8. The average Bonchev–Trinajstić information content (AvgIpc) is 2.54. The van der Waals surface area contributed by atoms with E-state index >= 15 is 0 Å². The van der Waals surface area contributed by atoms with Gasteiger partial charge in [-0.2, -0.15) is 10.5 Å². The summed E-state index contributed by atoms with van der Waals surface area (Å²) >= 11 is 0. The van der Waals surface area contributed by atoms with Crippen LogP contribution >= 0.6 is 0 Å². The summed E-state index contributed by atoms with van der Waals surface area (Å²) in [6.45, 7) is 3.57. The Kier molecular flexibility index (Phi) is 4.96. The van der Waals surface area contributed by atoms with Crippen molar-refractivity contribution < 1.29 is 14.3 Å². The van der Waals surface area contributed by atoms with E-state index in [1.54, 1.807) is 44.2 Å². The third kappa shape index (κ3) is 4.09. The van der Waals surface area contributed by atoms with Gasteiger partial charge in [0.05, 0.1) is 22.8 Å². The van der Waals surface area contributed by atoms with Gasteiger partial charge in [0.1, 0.15) is 23.6 Å². The molecule has 2 rings (SSSR count). The van der Waals surface area contributed by atoms with Crippen LogP contribution in [0.5, 0.6) is 11.5 Å². The minimum Gasteiger partial charge on any atom is -0.459 e. The zero-order valence-electron chi connectivity index (χ0n) is 12.7. The summed E-state index contributed by atoms with van der Waals surface area (Å²) in [6.07, 6.45) is -0.179. The molecule has 0 saturated carbocycles. The summed E-state index contributed by atoms with van der Waals surface area (Å²) in [5.74, 6) is 0.564. The van der Waals surface area contributed by atoms with Crippen LogP contribution in [0, 0.1) is 22.7 Å². The fourth-order valence-electron chi connectivity index (χ4n) is 1.85. The molecule has 2 aromatic carbocycles. The van der Waals surface area contributed by atoms with Gasteiger partial charge in [0.25, 0.3) is 0 Å². The Morgan fingerprint density at radius 2 is 1.57 bits per heavy atom. The molecule has 0 unspecified atom stereocenters. The number of esters is 1. The van der Waals surface area contributed by atoms with Crippen molar-refractivity contribution in [1.29, 1.82) is 10.5 Å². The van der Waals surface area contributed by atoms with E-state index < -0.39 is 5.97 Å². The lowest BCUT2D eigenvalue weighted by atomic mass is 10.1. The van der Waals surface area contributed by atoms with Crippen LogP contribution in [0.1, 0.15) is 35.3 Å². The highest BCUT2D eigenvalue weighted by molar-refractivity contribution is 5.89. The fraction of sp³-hybridized carbons (Fsp3) is 0.167. The van der Waals surface area contributed by atoms with Crippen molar-refractivity contribution in [3.8, 4) is 23.6 Å². The van der Waals surface area contributed by atoms with E-state index in [9.17, 15) is 4.79 Å². The lowest BCUT2D eigenvalue weighted by molar-refractivity contribution is 0.0378. The van der Waals surface area contributed by atoms with Crippen molar-refractivity contribution >= 4 is 5.97 Å². The van der Waals surface area contributed by atoms with Gasteiger partial charge in [-0.3, -0.25) is 0 Å². The van der Waals surface area contributed by atoms with Gasteiger partial charge in [0.2, 0.25) is 0 Å². The van der Waals surface area contributed by atoms with Gasteiger partial charge in [-0.15, -0.1) is 0 Å². The molecule has 0 radical (unpaired) electrons. The Morgan fingerprint density at radius 3 is 2.13 bits per heavy atom. The number of ether oxygens (including phenoxy) is 2. The van der Waals surface area contributed by atoms with Gasteiger partial charge >= 0.3 is 5.97 Å². The molecule has 5 nitrogen and oxygen atoms in total. The minimum atomic E-state index is -0.392. The molecule has 0 saturated heterocycles. The fourth-order valence-corrected chi connectivity index (χ4v) is 1.85. The predicted octanol–water partition coefficient (Wildman–Crippen LogP) is 3.79. The van der Waals surface area contributed by atoms with E-state index in [0.717, 1.165) is 0 Å². The van der Waals surface area contributed by atoms with Gasteiger partial charge in [-0.05, 0) is 56.3 Å². The lowest BCUT2D eigenvalue weighted by Gasteiger charge is -2.09. The van der Waals surface area contributed by atoms with E-state index in [4.69, 9.17) is 20.0 Å². The third-order valence-electron chi connectivity index (χ3n) is 2.90. The van der Waals surface area contributed by atoms with Crippen LogP contribution in [0.2, 0.25) is 0 Å². The van der Waals surface area contributed by atoms with Crippen molar-refractivity contribution in [3.05, 3.63) is 59.2 Å². The average molecular weight is 306 g/mol. The van der Waals surface area contributed by atoms with Crippen molar-refractivity contribution in [3.63, 3.8) is 0 Å². The van der Waals surface area contributed by atoms with Crippen molar-refractivity contribution in [1.82, 2.24) is 0 Å². The van der Waals surface area contributed by atoms with Gasteiger partial charge in [-0.1, -0.05) is 0 Å². The largest absolute Gasteiger partial charge is 0.459 e. The first-order chi connectivity index (χ1) is 11.0. The summed E-state index contributed by atoms with van der Waals surface area (Å²) in [7, 11) is 0. The summed E-state index contributed by atoms with van der Waals surface area (Å²) in [4.78, 5) is 11.7. The zero-order valence-corrected chi connectivity index (χ0v) is 12.7. The standard InChI is InChI=1S/C18H14N2O3/c1-12(2)22-18(21)13-3-6-16(7-4-13)23-17-8-5-14(10-19)15(9-17)11-20/h3-9,12H,1-2H3. The Balaban J connectivity index is 2.14. The van der Waals surface area contributed by atoms with Crippen LogP contribution in [0.15, 0.2) is 42.5 Å². The number of carbonyl (C=O) groups is 1. The van der Waals surface area contributed by atoms with E-state index in [2.05, 4.69) is 0 Å². The second-order valence-electron chi connectivity index (χ2n) is 5.01. The Labute approximate surface area is 134 Å². The molecule has 0 atom stereocenters. The van der Waals surface area contributed by atoms with Crippen LogP contribution in [0.25, 0.3) is 0 Å². The molecule has 5 heteroatoms. The predicted molar refractivity (Wildman–Crippen MR) is 82.9 cm³/mol. The van der Waals surface area contributed by atoms with E-state index in [1.807, 2.05) is 12.1 Å². The van der Waals surface area contributed by atoms with Crippen molar-refractivity contribution in [2.75, 3.05) is 0 Å². The monoisotopic (exact) mass is 306 g/mol. The molecule has 0 aliphatic rings. The molecular formula is C18H14N2O3. The van der Waals surface area contributed by atoms with Gasteiger partial charge in [-0.25, -0.2) is 4.79 Å². The normalized spacial score (nSPS) is 9.78. The maximum Gasteiger partial charge on any atom is 0.338 e. The molecule has 0 heterocycles. The highest BCUT2D eigenvalue weighted by atomic mass is 16.5. The molecule has 0 bridgehead atoms. The smallest absolute Gasteiger partial charge is 0.338 e. The lowest BCUT2D eigenvalue weighted by Crippen LogP contribution is -2.11. The van der Waals surface area contributed by atoms with Crippen molar-refractivity contribution in [2.45, 2.75) is 20.0 Å². The molecule has 0 fully saturated rings. The number of nitriles is 2. The van der Waals surface area contributed by atoms with E-state index in [0.29, 0.717) is 22.6 Å². The SMILES string of the molecule is CC(C)OC(=O)c1ccc(Oc2ccc(C#N)c(C#N)c2)cc1. The number of rotatable bonds is 4. The van der Waals surface area contributed by atoms with Crippen LogP contribution in [0.3, 0.4) is 0 Å². The Morgan fingerprint density at radius 1 is 0.957 bits per heavy atom. The number of benzene rings is 2. The molecule has 0 amide bonds. The topological polar surface area (TPSA) is 83.1 Å². The Hall–Kier alpha value is -3.31. The maximum absolute atomic E-state index is 11.7. The quantitative estimate of drug-likeness (QED) is 0.802. The molecule has 114 valence electrons. The summed E-state index contributed by atoms with van der Waals surface area (Å²) in [6, 6.07) is 15.0. The first-order valence-electron chi connectivity index (χ1n) is 6.96. The minimum absolute atomic E-state index is 0.179. The Bertz CT molecular complexity index is 796. The molecule has 2 aromatic rings. The molecule has 0 spiro atoms. The summed E-state index contributed by atoms with van der Waals surface area (Å²) in [5, 5.41) is 17.9. The van der Waals surface area contributed by atoms with Gasteiger partial charge in [0, 0.05) is 0 Å². The highest BCUT2D eigenvalue weighted by Crippen LogP contribution is 2.24. The number of hydrogen-bond donors (Lipinski definition) is 0. The number of hydrogen-bond acceptors (Lipinski definition) is 5. The number of nitrogens with zero attached hydrogens (tertiary/aromatic N) is 2. The van der Waals surface area contributed by atoms with Crippen molar-refractivity contribution in [2.24, 2.45) is 0 Å². The third-order valence-corrected chi connectivity index (χ3v) is 2.90. The van der Waals surface area contributed by atoms with Gasteiger partial charge < -0.3 is 9.47 Å². The van der Waals surface area contributed by atoms with Crippen LogP contribution in [0.4, 0.5) is 0 Å². The molecule has 0 N–H and O–H groups in total. The number of carbonyl (C=O) groups excluding carboxylic acids is 1. The molecular weight excluding hydrogens is 292 g/mol. The molecule has 23 heavy (non-hydrogen) atoms. The molecule has 0 aromatic heterocycles. The first-order valence-corrected chi connectivity index (χ1v) is 6.96. The summed E-state index contributed by atoms with van der Waals surface area (Å²) in [5.41, 5.74) is 0.984. The second kappa shape index (κ2) is 7.11. The van der Waals surface area contributed by atoms with E-state index in [-0.39, 0.29) is 11.7 Å². The summed E-state index contributed by atoms with van der Waals surface area (Å²) < 4.78 is 10.7. The molecule has 0 aliphatic heterocycles. The first kappa shape index (κ1) is 16.1.